The normalized spacial score (nSPS) is 13.6. The average molecular weight is 439 g/mol. The number of rotatable bonds is 1. The molecule has 2 N–H and O–H groups in total. The zero-order valence-corrected chi connectivity index (χ0v) is 23.0. The quantitative estimate of drug-likeness (QED) is 0.468. The molecule has 0 aromatic heterocycles. The second-order valence-corrected chi connectivity index (χ2v) is 13.7. The van der Waals surface area contributed by atoms with Gasteiger partial charge in [-0.1, -0.05) is 89.2 Å². The fourth-order valence-corrected chi connectivity index (χ4v) is 5.21. The first-order valence-corrected chi connectivity index (χ1v) is 11.9. The summed E-state index contributed by atoms with van der Waals surface area (Å²) >= 11 is 0. The molecule has 0 fully saturated rings. The van der Waals surface area contributed by atoms with E-state index >= 15 is 0 Å². The molecule has 2 aromatic carbocycles. The van der Waals surface area contributed by atoms with Crippen LogP contribution in [-0.2, 0) is 21.7 Å². The van der Waals surface area contributed by atoms with Crippen LogP contribution in [0.15, 0.2) is 12.1 Å². The van der Waals surface area contributed by atoms with Gasteiger partial charge in [0.15, 0.2) is 0 Å². The molecule has 0 saturated heterocycles. The number of aryl methyl sites for hydroxylation is 1. The van der Waals surface area contributed by atoms with E-state index in [9.17, 15) is 10.2 Å². The Morgan fingerprint density at radius 2 is 1.00 bits per heavy atom. The average Bonchev–Trinajstić information content (AvgIpc) is 2.52. The molecule has 0 heterocycles. The lowest BCUT2D eigenvalue weighted by atomic mass is 9.70. The van der Waals surface area contributed by atoms with Crippen molar-refractivity contribution in [2.45, 2.75) is 119 Å². The van der Waals surface area contributed by atoms with E-state index < -0.39 is 0 Å². The van der Waals surface area contributed by atoms with E-state index in [-0.39, 0.29) is 21.7 Å². The monoisotopic (exact) mass is 438 g/mol. The van der Waals surface area contributed by atoms with Gasteiger partial charge in [0.25, 0.3) is 0 Å². The SMILES string of the molecule is Cc1cc(C(C)(C)C)c(C(C)(C)C)c(O)c1-c1cc(O)c(C(C)(C)C)c(C(C)(C)C)c1C. The van der Waals surface area contributed by atoms with Crippen LogP contribution < -0.4 is 0 Å². The minimum atomic E-state index is -0.219. The van der Waals surface area contributed by atoms with Gasteiger partial charge >= 0.3 is 0 Å². The maximum absolute atomic E-state index is 11.8. The molecule has 0 spiro atoms. The Balaban J connectivity index is 3.11. The predicted molar refractivity (Wildman–Crippen MR) is 139 cm³/mol. The highest BCUT2D eigenvalue weighted by molar-refractivity contribution is 5.82. The molecule has 0 unspecified atom stereocenters. The zero-order valence-electron chi connectivity index (χ0n) is 23.0. The second-order valence-electron chi connectivity index (χ2n) is 13.7. The summed E-state index contributed by atoms with van der Waals surface area (Å²) in [6, 6.07) is 4.11. The van der Waals surface area contributed by atoms with Gasteiger partial charge in [-0.3, -0.25) is 0 Å². The van der Waals surface area contributed by atoms with Gasteiger partial charge in [-0.2, -0.15) is 0 Å². The van der Waals surface area contributed by atoms with E-state index in [2.05, 4.69) is 103 Å². The van der Waals surface area contributed by atoms with Crippen molar-refractivity contribution in [2.75, 3.05) is 0 Å². The molecule has 0 aliphatic carbocycles. The fourth-order valence-electron chi connectivity index (χ4n) is 5.21. The lowest BCUT2D eigenvalue weighted by Gasteiger charge is -2.35. The van der Waals surface area contributed by atoms with Crippen LogP contribution in [0.3, 0.4) is 0 Å². The highest BCUT2D eigenvalue weighted by Crippen LogP contribution is 2.50. The largest absolute Gasteiger partial charge is 0.508 e. The minimum absolute atomic E-state index is 0.0901. The van der Waals surface area contributed by atoms with Crippen molar-refractivity contribution in [1.82, 2.24) is 0 Å². The molecular formula is C30H46O2. The Bertz CT molecular complexity index is 1030. The summed E-state index contributed by atoms with van der Waals surface area (Å²) in [7, 11) is 0. The van der Waals surface area contributed by atoms with E-state index in [1.54, 1.807) is 0 Å². The molecule has 32 heavy (non-hydrogen) atoms. The van der Waals surface area contributed by atoms with Gasteiger partial charge in [0.2, 0.25) is 0 Å². The Hall–Kier alpha value is -1.96. The van der Waals surface area contributed by atoms with Crippen molar-refractivity contribution in [3.05, 3.63) is 45.5 Å². The molecule has 0 aliphatic rings. The second kappa shape index (κ2) is 7.82. The first-order valence-electron chi connectivity index (χ1n) is 11.9. The predicted octanol–water partition coefficient (Wildman–Crippen LogP) is 8.57. The number of hydrogen-bond acceptors (Lipinski definition) is 2. The minimum Gasteiger partial charge on any atom is -0.508 e. The van der Waals surface area contributed by atoms with Gasteiger partial charge in [-0.25, -0.2) is 0 Å². The summed E-state index contributed by atoms with van der Waals surface area (Å²) in [5.41, 5.74) is 7.57. The molecule has 0 saturated carbocycles. The third-order valence-electron chi connectivity index (χ3n) is 6.39. The molecule has 2 rings (SSSR count). The van der Waals surface area contributed by atoms with Crippen molar-refractivity contribution in [2.24, 2.45) is 0 Å². The number of hydrogen-bond donors (Lipinski definition) is 2. The maximum atomic E-state index is 11.8. The van der Waals surface area contributed by atoms with Crippen LogP contribution in [-0.4, -0.2) is 10.2 Å². The molecule has 178 valence electrons. The topological polar surface area (TPSA) is 40.5 Å². The van der Waals surface area contributed by atoms with E-state index in [4.69, 9.17) is 0 Å². The number of aromatic hydroxyl groups is 2. The summed E-state index contributed by atoms with van der Waals surface area (Å²) in [5, 5.41) is 23.0. The van der Waals surface area contributed by atoms with Gasteiger partial charge in [-0.05, 0) is 69.4 Å². The molecule has 0 radical (unpaired) electrons. The van der Waals surface area contributed by atoms with Crippen molar-refractivity contribution >= 4 is 0 Å². The lowest BCUT2D eigenvalue weighted by molar-refractivity contribution is 0.433. The van der Waals surface area contributed by atoms with E-state index in [0.29, 0.717) is 11.5 Å². The van der Waals surface area contributed by atoms with Crippen LogP contribution in [0.4, 0.5) is 0 Å². The summed E-state index contributed by atoms with van der Waals surface area (Å²) in [4.78, 5) is 0. The van der Waals surface area contributed by atoms with Crippen molar-refractivity contribution in [3.8, 4) is 22.6 Å². The number of benzene rings is 2. The van der Waals surface area contributed by atoms with E-state index in [0.717, 1.165) is 38.9 Å². The maximum Gasteiger partial charge on any atom is 0.127 e. The molecule has 2 aromatic rings. The third-order valence-corrected chi connectivity index (χ3v) is 6.39. The van der Waals surface area contributed by atoms with Gasteiger partial charge in [0.1, 0.15) is 11.5 Å². The Morgan fingerprint density at radius 1 is 0.562 bits per heavy atom. The van der Waals surface area contributed by atoms with Crippen LogP contribution in [0.5, 0.6) is 11.5 Å². The third kappa shape index (κ3) is 4.70. The molecule has 2 heteroatoms. The Morgan fingerprint density at radius 3 is 1.38 bits per heavy atom. The first-order chi connectivity index (χ1) is 14.1. The molecule has 0 bridgehead atoms. The molecule has 0 atom stereocenters. The van der Waals surface area contributed by atoms with Gasteiger partial charge in [-0.15, -0.1) is 0 Å². The van der Waals surface area contributed by atoms with Gasteiger partial charge in [0, 0.05) is 16.7 Å². The van der Waals surface area contributed by atoms with Crippen LogP contribution in [0.25, 0.3) is 11.1 Å². The highest BCUT2D eigenvalue weighted by atomic mass is 16.3. The Kier molecular flexibility index (Phi) is 6.42. The molecule has 2 nitrogen and oxygen atoms in total. The lowest BCUT2D eigenvalue weighted by Crippen LogP contribution is -2.24. The van der Waals surface area contributed by atoms with Gasteiger partial charge < -0.3 is 10.2 Å². The van der Waals surface area contributed by atoms with Crippen molar-refractivity contribution in [3.63, 3.8) is 0 Å². The number of phenols is 2. The fraction of sp³-hybridized carbons (Fsp3) is 0.600. The number of phenolic OH excluding ortho intramolecular Hbond substituents is 2. The van der Waals surface area contributed by atoms with Crippen LogP contribution in [0.2, 0.25) is 0 Å². The summed E-state index contributed by atoms with van der Waals surface area (Å²) in [6.45, 7) is 30.3. The van der Waals surface area contributed by atoms with E-state index in [1.807, 2.05) is 6.07 Å². The first kappa shape index (κ1) is 26.3. The van der Waals surface area contributed by atoms with Gasteiger partial charge in [0.05, 0.1) is 0 Å². The van der Waals surface area contributed by atoms with Crippen molar-refractivity contribution in [1.29, 1.82) is 0 Å². The van der Waals surface area contributed by atoms with Crippen LogP contribution in [0.1, 0.15) is 116 Å². The van der Waals surface area contributed by atoms with Crippen LogP contribution >= 0.6 is 0 Å². The van der Waals surface area contributed by atoms with Crippen LogP contribution in [0, 0.1) is 13.8 Å². The molecule has 0 amide bonds. The molecular weight excluding hydrogens is 392 g/mol. The summed E-state index contributed by atoms with van der Waals surface area (Å²) < 4.78 is 0. The standard InChI is InChI=1S/C30H46O2/c1-17-15-20(27(3,4)5)24(29(9,10)11)26(32)22(17)19-16-21(31)25(30(12,13)14)23(18(19)2)28(6,7)8/h15-16,31-32H,1-14H3. The summed E-state index contributed by atoms with van der Waals surface area (Å²) in [6.07, 6.45) is 0. The zero-order chi connectivity index (χ0) is 25.2. The highest BCUT2D eigenvalue weighted by Gasteiger charge is 2.34. The Labute approximate surface area is 197 Å². The summed E-state index contributed by atoms with van der Waals surface area (Å²) in [5.74, 6) is 0.646. The molecule has 0 aliphatic heterocycles. The van der Waals surface area contributed by atoms with E-state index in [1.165, 1.54) is 5.56 Å². The smallest absolute Gasteiger partial charge is 0.127 e. The van der Waals surface area contributed by atoms with Crippen molar-refractivity contribution < 1.29 is 10.2 Å².